The van der Waals surface area contributed by atoms with Gasteiger partial charge >= 0.3 is 12.3 Å². The first-order valence-electron chi connectivity index (χ1n) is 14.7. The number of ether oxygens (including phenoxy) is 2. The van der Waals surface area contributed by atoms with Crippen molar-refractivity contribution in [2.24, 2.45) is 5.16 Å². The molecule has 1 atom stereocenters. The van der Waals surface area contributed by atoms with Gasteiger partial charge in [-0.1, -0.05) is 47.8 Å². The van der Waals surface area contributed by atoms with Crippen LogP contribution in [0.15, 0.2) is 65.8 Å². The van der Waals surface area contributed by atoms with Gasteiger partial charge in [-0.2, -0.15) is 0 Å². The number of methoxy groups -OCH3 is 1. The molecule has 1 aliphatic carbocycles. The van der Waals surface area contributed by atoms with Crippen LogP contribution in [0.4, 0.5) is 24.5 Å². The summed E-state index contributed by atoms with van der Waals surface area (Å²) in [6, 6.07) is 15.2. The van der Waals surface area contributed by atoms with Crippen LogP contribution in [0.25, 0.3) is 0 Å². The molecule has 2 N–H and O–H groups in total. The first-order chi connectivity index (χ1) is 21.9. The van der Waals surface area contributed by atoms with Gasteiger partial charge in [0.1, 0.15) is 24.1 Å². The van der Waals surface area contributed by atoms with Gasteiger partial charge < -0.3 is 29.6 Å². The van der Waals surface area contributed by atoms with Crippen LogP contribution in [0.2, 0.25) is 5.02 Å². The van der Waals surface area contributed by atoms with E-state index < -0.39 is 24.1 Å². The van der Waals surface area contributed by atoms with Gasteiger partial charge in [0.15, 0.2) is 0 Å². The smallest absolute Gasteiger partial charge is 0.497 e. The van der Waals surface area contributed by atoms with Crippen molar-refractivity contribution in [3.05, 3.63) is 82.4 Å². The van der Waals surface area contributed by atoms with Crippen LogP contribution < -0.4 is 19.7 Å². The van der Waals surface area contributed by atoms with Gasteiger partial charge in [0.2, 0.25) is 0 Å². The molecule has 1 spiro atoms. The zero-order valence-electron chi connectivity index (χ0n) is 25.2. The molecular formula is C33H33ClF3N3O6. The minimum Gasteiger partial charge on any atom is -0.497 e. The van der Waals surface area contributed by atoms with E-state index in [1.54, 1.807) is 60.4 Å². The molecule has 1 fully saturated rings. The van der Waals surface area contributed by atoms with Crippen molar-refractivity contribution in [1.29, 1.82) is 0 Å². The van der Waals surface area contributed by atoms with Crippen LogP contribution in [0.5, 0.6) is 11.5 Å². The molecule has 3 aromatic rings. The maximum Gasteiger partial charge on any atom is 0.573 e. The number of fused-ring (bicyclic) bond motifs is 2. The maximum atomic E-state index is 14.6. The number of benzene rings is 3. The number of alkyl halides is 3. The molecule has 2 aliphatic rings. The van der Waals surface area contributed by atoms with Crippen LogP contribution in [0, 0.1) is 0 Å². The van der Waals surface area contributed by atoms with Gasteiger partial charge in [0.05, 0.1) is 24.9 Å². The Bertz CT molecular complexity index is 1620. The number of aliphatic carboxylic acids is 1. The second-order valence-electron chi connectivity index (χ2n) is 11.4. The lowest BCUT2D eigenvalue weighted by Gasteiger charge is -2.28. The van der Waals surface area contributed by atoms with E-state index in [2.05, 4.69) is 15.2 Å². The molecule has 1 saturated carbocycles. The molecule has 3 aromatic carbocycles. The predicted molar refractivity (Wildman–Crippen MR) is 167 cm³/mol. The lowest BCUT2D eigenvalue weighted by molar-refractivity contribution is -0.274. The van der Waals surface area contributed by atoms with Crippen LogP contribution in [0.1, 0.15) is 61.8 Å². The van der Waals surface area contributed by atoms with Crippen LogP contribution in [-0.2, 0) is 19.8 Å². The van der Waals surface area contributed by atoms with E-state index >= 15 is 0 Å². The summed E-state index contributed by atoms with van der Waals surface area (Å²) >= 11 is 6.17. The van der Waals surface area contributed by atoms with E-state index in [0.717, 1.165) is 31.2 Å². The van der Waals surface area contributed by atoms with Crippen molar-refractivity contribution < 1.29 is 42.2 Å². The zero-order valence-corrected chi connectivity index (χ0v) is 26.0. The Balaban J connectivity index is 1.52. The predicted octanol–water partition coefficient (Wildman–Crippen LogP) is 7.47. The molecular weight excluding hydrogens is 627 g/mol. The van der Waals surface area contributed by atoms with E-state index in [4.69, 9.17) is 26.3 Å². The Morgan fingerprint density at radius 3 is 2.43 bits per heavy atom. The Kier molecular flexibility index (Phi) is 9.66. The molecule has 9 nitrogen and oxygen atoms in total. The minimum absolute atomic E-state index is 0.108. The fourth-order valence-corrected chi connectivity index (χ4v) is 6.26. The number of oxime groups is 1. The van der Waals surface area contributed by atoms with Gasteiger partial charge in [0.25, 0.3) is 5.91 Å². The monoisotopic (exact) mass is 659 g/mol. The number of carbonyl (C=O) groups is 2. The summed E-state index contributed by atoms with van der Waals surface area (Å²) in [6.07, 6.45) is -1.56. The second-order valence-corrected chi connectivity index (χ2v) is 11.8. The van der Waals surface area contributed by atoms with E-state index in [0.29, 0.717) is 45.5 Å². The maximum absolute atomic E-state index is 14.6. The molecule has 1 heterocycles. The number of hydrogen-bond donors (Lipinski definition) is 2. The summed E-state index contributed by atoms with van der Waals surface area (Å²) in [6.45, 7) is 1.90. The average molecular weight is 660 g/mol. The van der Waals surface area contributed by atoms with Crippen molar-refractivity contribution in [2.75, 3.05) is 30.5 Å². The summed E-state index contributed by atoms with van der Waals surface area (Å²) in [7, 11) is 1.49. The molecule has 0 radical (unpaired) electrons. The highest BCUT2D eigenvalue weighted by atomic mass is 35.5. The molecule has 244 valence electrons. The Labute approximate surface area is 268 Å². The molecule has 1 unspecified atom stereocenters. The number of halogens is 4. The lowest BCUT2D eigenvalue weighted by atomic mass is 9.81. The average Bonchev–Trinajstić information content (AvgIpc) is 3.61. The molecule has 0 saturated heterocycles. The third-order valence-electron chi connectivity index (χ3n) is 8.28. The van der Waals surface area contributed by atoms with Gasteiger partial charge in [-0.05, 0) is 61.2 Å². The normalized spacial score (nSPS) is 16.2. The largest absolute Gasteiger partial charge is 0.573 e. The van der Waals surface area contributed by atoms with Crippen molar-refractivity contribution in [3.8, 4) is 11.5 Å². The molecule has 0 bridgehead atoms. The minimum atomic E-state index is -4.88. The first kappa shape index (κ1) is 32.9. The van der Waals surface area contributed by atoms with Crippen molar-refractivity contribution in [3.63, 3.8) is 0 Å². The van der Waals surface area contributed by atoms with E-state index in [9.17, 15) is 22.8 Å². The van der Waals surface area contributed by atoms with Crippen LogP contribution >= 0.6 is 11.6 Å². The van der Waals surface area contributed by atoms with E-state index in [1.807, 2.05) is 0 Å². The van der Waals surface area contributed by atoms with Gasteiger partial charge in [-0.3, -0.25) is 9.59 Å². The van der Waals surface area contributed by atoms with Crippen LogP contribution in [0.3, 0.4) is 0 Å². The molecule has 1 aliphatic heterocycles. The number of nitrogens with zero attached hydrogens (tertiary/aromatic N) is 2. The fraction of sp³-hybridized carbons (Fsp3) is 0.364. The highest BCUT2D eigenvalue weighted by molar-refractivity contribution is 6.30. The summed E-state index contributed by atoms with van der Waals surface area (Å²) in [5.41, 5.74) is 2.97. The number of anilines is 2. The summed E-state index contributed by atoms with van der Waals surface area (Å²) in [5.74, 6) is -1.33. The number of amides is 1. The standard InChI is InChI=1S/C33H33ClF3N3O6/c1-20(39-45-14-11-29(41)42)22-15-24(17-26(16-22)44-2)38-30(21-5-7-23(34)8-6-21)31(43)40-19-32(12-3-4-13-32)27-10-9-25(18-28(27)40)46-33(35,36)37/h5-10,15-18,30,38H,3-4,11-14,19H2,1-2H3,(H,41,42). The third kappa shape index (κ3) is 7.50. The molecule has 0 aromatic heterocycles. The van der Waals surface area contributed by atoms with E-state index in [1.165, 1.54) is 19.2 Å². The molecule has 46 heavy (non-hydrogen) atoms. The first-order valence-corrected chi connectivity index (χ1v) is 15.1. The summed E-state index contributed by atoms with van der Waals surface area (Å²) < 4.78 is 49.2. The topological polar surface area (TPSA) is 110 Å². The number of hydrogen-bond acceptors (Lipinski definition) is 7. The van der Waals surface area contributed by atoms with Gasteiger partial charge in [-0.15, -0.1) is 13.2 Å². The van der Waals surface area contributed by atoms with Gasteiger partial charge in [-0.25, -0.2) is 0 Å². The third-order valence-corrected chi connectivity index (χ3v) is 8.53. The SMILES string of the molecule is COc1cc(NC(C(=O)N2CC3(CCCC3)c3ccc(OC(F)(F)F)cc32)c2ccc(Cl)cc2)cc(C(C)=NOCCC(=O)O)c1. The highest BCUT2D eigenvalue weighted by Crippen LogP contribution is 2.52. The lowest BCUT2D eigenvalue weighted by Crippen LogP contribution is -2.40. The summed E-state index contributed by atoms with van der Waals surface area (Å²) in [5, 5.41) is 16.6. The Hall–Kier alpha value is -4.45. The molecule has 1 amide bonds. The van der Waals surface area contributed by atoms with E-state index in [-0.39, 0.29) is 24.3 Å². The fourth-order valence-electron chi connectivity index (χ4n) is 6.13. The van der Waals surface area contributed by atoms with Crippen molar-refractivity contribution >= 4 is 40.6 Å². The number of carboxylic acid groups (broad SMARTS) is 1. The quantitative estimate of drug-likeness (QED) is 0.125. The zero-order chi connectivity index (χ0) is 33.1. The molecule has 13 heteroatoms. The van der Waals surface area contributed by atoms with Crippen LogP contribution in [-0.4, -0.2) is 49.3 Å². The number of carbonyl (C=O) groups excluding carboxylic acids is 1. The van der Waals surface area contributed by atoms with Crippen molar-refractivity contribution in [1.82, 2.24) is 0 Å². The van der Waals surface area contributed by atoms with Crippen molar-refractivity contribution in [2.45, 2.75) is 56.8 Å². The Morgan fingerprint density at radius 2 is 1.78 bits per heavy atom. The number of rotatable bonds is 11. The Morgan fingerprint density at radius 1 is 1.07 bits per heavy atom. The highest BCUT2D eigenvalue weighted by Gasteiger charge is 2.48. The summed E-state index contributed by atoms with van der Waals surface area (Å²) in [4.78, 5) is 32.1. The molecule has 5 rings (SSSR count). The van der Waals surface area contributed by atoms with Gasteiger partial charge in [0, 0.05) is 40.4 Å². The second kappa shape index (κ2) is 13.5. The number of nitrogens with one attached hydrogen (secondary N) is 1. The number of carboxylic acids is 1.